The molecular weight excluding hydrogens is 335 g/mol. The molecule has 22 heavy (non-hydrogen) atoms. The van der Waals surface area contributed by atoms with E-state index in [0.717, 1.165) is 0 Å². The van der Waals surface area contributed by atoms with Crippen LogP contribution in [0.25, 0.3) is 0 Å². The third-order valence-corrected chi connectivity index (χ3v) is 5.04. The van der Waals surface area contributed by atoms with Crippen LogP contribution in [-0.4, -0.2) is 42.4 Å². The van der Waals surface area contributed by atoms with Gasteiger partial charge in [0.25, 0.3) is 0 Å². The van der Waals surface area contributed by atoms with Gasteiger partial charge in [0.1, 0.15) is 5.75 Å². The molecule has 0 heterocycles. The minimum Gasteiger partial charge on any atom is -0.493 e. The van der Waals surface area contributed by atoms with Crippen molar-refractivity contribution in [1.82, 2.24) is 0 Å². The lowest BCUT2D eigenvalue weighted by Crippen LogP contribution is -2.10. The number of carboxylic acid groups (broad SMARTS) is 1. The number of carbonyl (C=O) groups is 1. The lowest BCUT2D eigenvalue weighted by molar-refractivity contribution is -0.133. The van der Waals surface area contributed by atoms with Gasteiger partial charge in [-0.3, -0.25) is 18.1 Å². The fourth-order valence-electron chi connectivity index (χ4n) is 1.53. The average Bonchev–Trinajstić information content (AvgIpc) is 2.46. The first-order chi connectivity index (χ1) is 10.3. The molecule has 0 spiro atoms. The molecule has 0 saturated carbocycles. The standard InChI is InChI=1S/C12H17O8PS/c1-17-10-5-4-9(7-22(16)8-12(13)14)6-11(10)20-21(15,18-2)19-3/h4-6H,7-8H2,1-3H3,(H,13,14). The van der Waals surface area contributed by atoms with Gasteiger partial charge in [-0.15, -0.1) is 0 Å². The minimum atomic E-state index is -3.77. The van der Waals surface area contributed by atoms with E-state index in [1.165, 1.54) is 33.5 Å². The maximum absolute atomic E-state index is 12.0. The maximum Gasteiger partial charge on any atom is 0.529 e. The van der Waals surface area contributed by atoms with E-state index in [0.29, 0.717) is 5.56 Å². The van der Waals surface area contributed by atoms with Crippen molar-refractivity contribution in [3.05, 3.63) is 23.8 Å². The van der Waals surface area contributed by atoms with E-state index in [9.17, 15) is 13.6 Å². The SMILES string of the molecule is COc1ccc(CS(=O)CC(=O)O)cc1OP(=O)(OC)OC. The third-order valence-electron chi connectivity index (χ3n) is 2.50. The first-order valence-corrected chi connectivity index (χ1v) is 8.93. The molecule has 124 valence electrons. The molecule has 1 aromatic rings. The largest absolute Gasteiger partial charge is 0.529 e. The second-order valence-corrected chi connectivity index (χ2v) is 7.28. The molecule has 0 aromatic heterocycles. The summed E-state index contributed by atoms with van der Waals surface area (Å²) in [6.07, 6.45) is 0. The zero-order chi connectivity index (χ0) is 16.8. The van der Waals surface area contributed by atoms with Gasteiger partial charge in [0, 0.05) is 30.8 Å². The van der Waals surface area contributed by atoms with E-state index in [4.69, 9.17) is 14.4 Å². The second kappa shape index (κ2) is 8.28. The molecule has 1 unspecified atom stereocenters. The van der Waals surface area contributed by atoms with Crippen molar-refractivity contribution in [1.29, 1.82) is 0 Å². The quantitative estimate of drug-likeness (QED) is 0.670. The highest BCUT2D eigenvalue weighted by Crippen LogP contribution is 2.50. The number of carboxylic acids is 1. The van der Waals surface area contributed by atoms with Crippen LogP contribution in [0.4, 0.5) is 0 Å². The van der Waals surface area contributed by atoms with Gasteiger partial charge in [0.15, 0.2) is 11.5 Å². The van der Waals surface area contributed by atoms with Gasteiger partial charge >= 0.3 is 13.8 Å². The number of phosphoric ester groups is 1. The molecule has 1 atom stereocenters. The van der Waals surface area contributed by atoms with Crippen LogP contribution in [0.1, 0.15) is 5.56 Å². The number of hydrogen-bond acceptors (Lipinski definition) is 7. The highest BCUT2D eigenvalue weighted by Gasteiger charge is 2.26. The van der Waals surface area contributed by atoms with Gasteiger partial charge in [0.2, 0.25) is 0 Å². The van der Waals surface area contributed by atoms with Crippen LogP contribution in [0.5, 0.6) is 11.5 Å². The zero-order valence-electron chi connectivity index (χ0n) is 12.3. The van der Waals surface area contributed by atoms with E-state index in [1.807, 2.05) is 0 Å². The van der Waals surface area contributed by atoms with Gasteiger partial charge in [-0.1, -0.05) is 6.07 Å². The van der Waals surface area contributed by atoms with Crippen molar-refractivity contribution in [3.8, 4) is 11.5 Å². The summed E-state index contributed by atoms with van der Waals surface area (Å²) in [7, 11) is -1.61. The minimum absolute atomic E-state index is 0.0108. The number of methoxy groups -OCH3 is 1. The molecule has 1 N–H and O–H groups in total. The van der Waals surface area contributed by atoms with E-state index in [2.05, 4.69) is 9.05 Å². The molecule has 0 bridgehead atoms. The summed E-state index contributed by atoms with van der Waals surface area (Å²) in [5.74, 6) is -1.23. The Labute approximate surface area is 130 Å². The van der Waals surface area contributed by atoms with Crippen molar-refractivity contribution < 1.29 is 37.0 Å². The summed E-state index contributed by atoms with van der Waals surface area (Å²) >= 11 is 0. The van der Waals surface area contributed by atoms with Crippen LogP contribution in [0.2, 0.25) is 0 Å². The van der Waals surface area contributed by atoms with Crippen molar-refractivity contribution in [2.24, 2.45) is 0 Å². The Hall–Kier alpha value is -1.41. The zero-order valence-corrected chi connectivity index (χ0v) is 14.0. The smallest absolute Gasteiger partial charge is 0.493 e. The fourth-order valence-corrected chi connectivity index (χ4v) is 3.14. The molecule has 0 radical (unpaired) electrons. The van der Waals surface area contributed by atoms with Gasteiger partial charge in [-0.2, -0.15) is 0 Å². The number of benzene rings is 1. The molecule has 0 aliphatic carbocycles. The molecule has 0 saturated heterocycles. The van der Waals surface area contributed by atoms with Crippen LogP contribution >= 0.6 is 7.82 Å². The van der Waals surface area contributed by atoms with Crippen LogP contribution in [0, 0.1) is 0 Å². The molecule has 1 aromatic carbocycles. The summed E-state index contributed by atoms with van der Waals surface area (Å²) in [6, 6.07) is 4.58. The van der Waals surface area contributed by atoms with Gasteiger partial charge in [-0.05, 0) is 17.7 Å². The molecule has 0 amide bonds. The summed E-state index contributed by atoms with van der Waals surface area (Å²) in [6.45, 7) is 0. The van der Waals surface area contributed by atoms with E-state index < -0.39 is 30.3 Å². The average molecular weight is 352 g/mol. The molecule has 0 fully saturated rings. The van der Waals surface area contributed by atoms with Crippen molar-refractivity contribution >= 4 is 24.6 Å². The normalized spacial score (nSPS) is 12.7. The van der Waals surface area contributed by atoms with Crippen molar-refractivity contribution in [2.45, 2.75) is 5.75 Å². The van der Waals surface area contributed by atoms with Crippen molar-refractivity contribution in [3.63, 3.8) is 0 Å². The predicted molar refractivity (Wildman–Crippen MR) is 79.6 cm³/mol. The Balaban J connectivity index is 3.01. The highest BCUT2D eigenvalue weighted by molar-refractivity contribution is 7.84. The topological polar surface area (TPSA) is 108 Å². The summed E-state index contributed by atoms with van der Waals surface area (Å²) in [4.78, 5) is 10.5. The molecular formula is C12H17O8PS. The Morgan fingerprint density at radius 3 is 2.36 bits per heavy atom. The first-order valence-electron chi connectivity index (χ1n) is 5.98. The van der Waals surface area contributed by atoms with Gasteiger partial charge in [-0.25, -0.2) is 4.57 Å². The van der Waals surface area contributed by atoms with E-state index in [-0.39, 0.29) is 17.3 Å². The molecule has 8 nitrogen and oxygen atoms in total. The summed E-state index contributed by atoms with van der Waals surface area (Å²) < 4.78 is 43.3. The molecule has 10 heteroatoms. The second-order valence-electron chi connectivity index (χ2n) is 4.01. The van der Waals surface area contributed by atoms with Crippen LogP contribution in [-0.2, 0) is 35.0 Å². The maximum atomic E-state index is 12.0. The lowest BCUT2D eigenvalue weighted by Gasteiger charge is -2.17. The van der Waals surface area contributed by atoms with Crippen LogP contribution in [0.15, 0.2) is 18.2 Å². The fraction of sp³-hybridized carbons (Fsp3) is 0.417. The number of phosphoric acid groups is 1. The third kappa shape index (κ3) is 5.42. The Morgan fingerprint density at radius 1 is 1.23 bits per heavy atom. The number of hydrogen-bond donors (Lipinski definition) is 1. The molecule has 0 aliphatic rings. The number of ether oxygens (including phenoxy) is 1. The number of rotatable bonds is 9. The molecule has 0 aliphatic heterocycles. The Morgan fingerprint density at radius 2 is 1.86 bits per heavy atom. The van der Waals surface area contributed by atoms with Crippen LogP contribution < -0.4 is 9.26 Å². The van der Waals surface area contributed by atoms with E-state index >= 15 is 0 Å². The van der Waals surface area contributed by atoms with Gasteiger partial charge in [0.05, 0.1) is 7.11 Å². The number of aliphatic carboxylic acids is 1. The van der Waals surface area contributed by atoms with Gasteiger partial charge < -0.3 is 14.4 Å². The van der Waals surface area contributed by atoms with Crippen LogP contribution in [0.3, 0.4) is 0 Å². The predicted octanol–water partition coefficient (Wildman–Crippen LogP) is 1.81. The van der Waals surface area contributed by atoms with E-state index in [1.54, 1.807) is 6.07 Å². The summed E-state index contributed by atoms with van der Waals surface area (Å²) in [5.41, 5.74) is 0.536. The lowest BCUT2D eigenvalue weighted by atomic mass is 10.2. The monoisotopic (exact) mass is 352 g/mol. The first kappa shape index (κ1) is 18.6. The van der Waals surface area contributed by atoms with Crippen molar-refractivity contribution in [2.75, 3.05) is 27.1 Å². The molecule has 1 rings (SSSR count). The summed E-state index contributed by atoms with van der Waals surface area (Å²) in [5, 5.41) is 8.61. The Bertz CT molecular complexity index is 595. The Kier molecular flexibility index (Phi) is 7.02. The highest BCUT2D eigenvalue weighted by atomic mass is 32.2.